The molecule has 19 heavy (non-hydrogen) atoms. The first-order chi connectivity index (χ1) is 9.08. The molecule has 0 saturated heterocycles. The molecular weight excluding hydrogens is 253 g/mol. The van der Waals surface area contributed by atoms with E-state index >= 15 is 0 Å². The van der Waals surface area contributed by atoms with E-state index in [0.29, 0.717) is 5.69 Å². The SMILES string of the molecule is CCOC(=O)/C(=N/NC)C(=O)Nc1ccc(F)cc1. The summed E-state index contributed by atoms with van der Waals surface area (Å²) >= 11 is 0. The molecule has 0 aliphatic heterocycles. The minimum atomic E-state index is -0.837. The molecule has 2 N–H and O–H groups in total. The van der Waals surface area contributed by atoms with Gasteiger partial charge in [0.25, 0.3) is 5.91 Å². The maximum absolute atomic E-state index is 12.7. The molecule has 0 bridgehead atoms. The number of esters is 1. The van der Waals surface area contributed by atoms with Crippen molar-refractivity contribution < 1.29 is 18.7 Å². The number of rotatable bonds is 5. The second-order valence-electron chi connectivity index (χ2n) is 3.37. The van der Waals surface area contributed by atoms with Crippen LogP contribution in [0.5, 0.6) is 0 Å². The van der Waals surface area contributed by atoms with Crippen LogP contribution in [-0.2, 0) is 14.3 Å². The number of carbonyl (C=O) groups excluding carboxylic acids is 2. The van der Waals surface area contributed by atoms with Crippen molar-refractivity contribution in [3.05, 3.63) is 30.1 Å². The van der Waals surface area contributed by atoms with Crippen LogP contribution in [0.4, 0.5) is 10.1 Å². The van der Waals surface area contributed by atoms with Gasteiger partial charge in [0.2, 0.25) is 5.71 Å². The van der Waals surface area contributed by atoms with Crippen LogP contribution in [0.2, 0.25) is 0 Å². The largest absolute Gasteiger partial charge is 0.461 e. The molecule has 102 valence electrons. The van der Waals surface area contributed by atoms with Crippen molar-refractivity contribution >= 4 is 23.3 Å². The third kappa shape index (κ3) is 4.38. The van der Waals surface area contributed by atoms with E-state index in [-0.39, 0.29) is 6.61 Å². The number of nitrogens with zero attached hydrogens (tertiary/aromatic N) is 1. The first-order valence-electron chi connectivity index (χ1n) is 5.57. The summed E-state index contributed by atoms with van der Waals surface area (Å²) in [6.45, 7) is 1.75. The topological polar surface area (TPSA) is 79.8 Å². The molecule has 0 fully saturated rings. The van der Waals surface area contributed by atoms with Crippen molar-refractivity contribution in [2.24, 2.45) is 5.10 Å². The van der Waals surface area contributed by atoms with Gasteiger partial charge in [-0.1, -0.05) is 0 Å². The summed E-state index contributed by atoms with van der Waals surface area (Å²) in [4.78, 5) is 23.3. The second kappa shape index (κ2) is 7.10. The summed E-state index contributed by atoms with van der Waals surface area (Å²) in [5.74, 6) is -2.00. The molecule has 0 aromatic heterocycles. The average Bonchev–Trinajstić information content (AvgIpc) is 2.38. The minimum absolute atomic E-state index is 0.130. The van der Waals surface area contributed by atoms with Gasteiger partial charge in [-0.3, -0.25) is 4.79 Å². The fourth-order valence-electron chi connectivity index (χ4n) is 1.22. The zero-order chi connectivity index (χ0) is 14.3. The van der Waals surface area contributed by atoms with Crippen molar-refractivity contribution in [2.45, 2.75) is 6.92 Å². The number of hydrazone groups is 1. The van der Waals surface area contributed by atoms with Crippen LogP contribution in [0, 0.1) is 5.82 Å². The monoisotopic (exact) mass is 267 g/mol. The highest BCUT2D eigenvalue weighted by molar-refractivity contribution is 6.65. The predicted octanol–water partition coefficient (Wildman–Crippen LogP) is 0.903. The van der Waals surface area contributed by atoms with Crippen molar-refractivity contribution in [1.82, 2.24) is 5.43 Å². The Morgan fingerprint density at radius 2 is 1.95 bits per heavy atom. The first-order valence-corrected chi connectivity index (χ1v) is 5.57. The summed E-state index contributed by atoms with van der Waals surface area (Å²) in [5.41, 5.74) is 2.29. The summed E-state index contributed by atoms with van der Waals surface area (Å²) in [6.07, 6.45) is 0. The van der Waals surface area contributed by atoms with Gasteiger partial charge < -0.3 is 15.5 Å². The Bertz CT molecular complexity index is 485. The number of anilines is 1. The molecule has 0 heterocycles. The normalized spacial score (nSPS) is 10.8. The Balaban J connectivity index is 2.80. The van der Waals surface area contributed by atoms with Gasteiger partial charge in [0, 0.05) is 12.7 Å². The quantitative estimate of drug-likeness (QED) is 0.359. The van der Waals surface area contributed by atoms with E-state index in [9.17, 15) is 14.0 Å². The molecule has 1 rings (SSSR count). The predicted molar refractivity (Wildman–Crippen MR) is 68.2 cm³/mol. The number of hydrogen-bond donors (Lipinski definition) is 2. The molecular formula is C12H14FN3O3. The van der Waals surface area contributed by atoms with Crippen LogP contribution in [0.3, 0.4) is 0 Å². The van der Waals surface area contributed by atoms with Gasteiger partial charge in [0.1, 0.15) is 5.82 Å². The molecule has 1 aromatic carbocycles. The van der Waals surface area contributed by atoms with Crippen molar-refractivity contribution in [3.63, 3.8) is 0 Å². The highest BCUT2D eigenvalue weighted by atomic mass is 19.1. The lowest BCUT2D eigenvalue weighted by Gasteiger charge is -2.07. The molecule has 6 nitrogen and oxygen atoms in total. The van der Waals surface area contributed by atoms with E-state index in [0.717, 1.165) is 0 Å². The summed E-state index contributed by atoms with van der Waals surface area (Å²) in [6, 6.07) is 5.12. The Morgan fingerprint density at radius 1 is 1.32 bits per heavy atom. The van der Waals surface area contributed by atoms with Gasteiger partial charge in [-0.15, -0.1) is 0 Å². The smallest absolute Gasteiger partial charge is 0.364 e. The maximum atomic E-state index is 12.7. The lowest BCUT2D eigenvalue weighted by atomic mass is 10.3. The molecule has 7 heteroatoms. The number of carbonyl (C=O) groups is 2. The molecule has 0 spiro atoms. The molecule has 0 atom stereocenters. The molecule has 0 aliphatic carbocycles. The van der Waals surface area contributed by atoms with Crippen molar-refractivity contribution in [3.8, 4) is 0 Å². The maximum Gasteiger partial charge on any atom is 0.364 e. The number of nitrogens with one attached hydrogen (secondary N) is 2. The van der Waals surface area contributed by atoms with E-state index < -0.39 is 23.4 Å². The summed E-state index contributed by atoms with van der Waals surface area (Å²) < 4.78 is 17.4. The number of halogens is 1. The van der Waals surface area contributed by atoms with Crippen LogP contribution in [0.1, 0.15) is 6.92 Å². The van der Waals surface area contributed by atoms with E-state index in [1.807, 2.05) is 0 Å². The van der Waals surface area contributed by atoms with E-state index in [1.54, 1.807) is 6.92 Å². The first kappa shape index (κ1) is 14.6. The van der Waals surface area contributed by atoms with Crippen molar-refractivity contribution in [2.75, 3.05) is 19.0 Å². The number of ether oxygens (including phenoxy) is 1. The van der Waals surface area contributed by atoms with Crippen LogP contribution >= 0.6 is 0 Å². The molecule has 0 aliphatic rings. The highest BCUT2D eigenvalue weighted by Crippen LogP contribution is 2.08. The standard InChI is InChI=1S/C12H14FN3O3/c1-3-19-12(18)10(16-14-2)11(17)15-9-6-4-8(13)5-7-9/h4-7,14H,3H2,1-2H3,(H,15,17)/b16-10+. The minimum Gasteiger partial charge on any atom is -0.461 e. The molecule has 0 radical (unpaired) electrons. The third-order valence-corrected chi connectivity index (χ3v) is 2.01. The Hall–Kier alpha value is -2.44. The molecule has 0 saturated carbocycles. The van der Waals surface area contributed by atoms with Crippen molar-refractivity contribution in [1.29, 1.82) is 0 Å². The summed E-state index contributed by atoms with van der Waals surface area (Å²) in [5, 5.41) is 5.98. The van der Waals surface area contributed by atoms with Crippen LogP contribution < -0.4 is 10.7 Å². The van der Waals surface area contributed by atoms with Crippen LogP contribution in [0.25, 0.3) is 0 Å². The second-order valence-corrected chi connectivity index (χ2v) is 3.37. The molecule has 0 unspecified atom stereocenters. The van der Waals surface area contributed by atoms with E-state index in [1.165, 1.54) is 31.3 Å². The number of hydrogen-bond acceptors (Lipinski definition) is 5. The van der Waals surface area contributed by atoms with Crippen LogP contribution in [-0.4, -0.2) is 31.2 Å². The Kier molecular flexibility index (Phi) is 5.46. The van der Waals surface area contributed by atoms with Gasteiger partial charge in [0.15, 0.2) is 0 Å². The van der Waals surface area contributed by atoms with E-state index in [2.05, 4.69) is 15.8 Å². The number of benzene rings is 1. The molecule has 1 aromatic rings. The van der Waals surface area contributed by atoms with Gasteiger partial charge in [-0.2, -0.15) is 5.10 Å². The highest BCUT2D eigenvalue weighted by Gasteiger charge is 2.22. The molecule has 1 amide bonds. The van der Waals surface area contributed by atoms with Gasteiger partial charge in [-0.05, 0) is 31.2 Å². The Morgan fingerprint density at radius 3 is 2.47 bits per heavy atom. The fourth-order valence-corrected chi connectivity index (χ4v) is 1.22. The van der Waals surface area contributed by atoms with Gasteiger partial charge >= 0.3 is 5.97 Å². The lowest BCUT2D eigenvalue weighted by Crippen LogP contribution is -2.33. The van der Waals surface area contributed by atoms with Crippen LogP contribution in [0.15, 0.2) is 29.4 Å². The van der Waals surface area contributed by atoms with Gasteiger partial charge in [0.05, 0.1) is 6.61 Å². The average molecular weight is 267 g/mol. The third-order valence-electron chi connectivity index (χ3n) is 2.01. The zero-order valence-corrected chi connectivity index (χ0v) is 10.6. The zero-order valence-electron chi connectivity index (χ0n) is 10.6. The van der Waals surface area contributed by atoms with E-state index in [4.69, 9.17) is 4.74 Å². The summed E-state index contributed by atoms with van der Waals surface area (Å²) in [7, 11) is 1.45. The fraction of sp³-hybridized carbons (Fsp3) is 0.250. The number of amides is 1. The Labute approximate surface area is 109 Å². The van der Waals surface area contributed by atoms with Gasteiger partial charge in [-0.25, -0.2) is 9.18 Å². The lowest BCUT2D eigenvalue weighted by molar-refractivity contribution is -0.135.